The van der Waals surface area contributed by atoms with Crippen molar-refractivity contribution >= 4 is 11.8 Å². The Morgan fingerprint density at radius 1 is 1.36 bits per heavy atom. The van der Waals surface area contributed by atoms with Gasteiger partial charge in [-0.2, -0.15) is 11.8 Å². The van der Waals surface area contributed by atoms with Crippen LogP contribution in [-0.4, -0.2) is 18.8 Å². The van der Waals surface area contributed by atoms with Gasteiger partial charge in [-0.15, -0.1) is 0 Å². The summed E-state index contributed by atoms with van der Waals surface area (Å²) in [6.07, 6.45) is 0. The predicted octanol–water partition coefficient (Wildman–Crippen LogP) is 2.68. The second-order valence-electron chi connectivity index (χ2n) is 4.01. The lowest BCUT2D eigenvalue weighted by Crippen LogP contribution is -2.40. The van der Waals surface area contributed by atoms with Crippen molar-refractivity contribution in [1.82, 2.24) is 5.32 Å². The zero-order valence-electron chi connectivity index (χ0n) is 9.00. The van der Waals surface area contributed by atoms with Crippen LogP contribution in [0.3, 0.4) is 0 Å². The zero-order chi connectivity index (χ0) is 10.1. The smallest absolute Gasteiger partial charge is 0.0461 e. The topological polar surface area (TPSA) is 12.0 Å². The van der Waals surface area contributed by atoms with Crippen LogP contribution in [0.4, 0.5) is 0 Å². The highest BCUT2D eigenvalue weighted by Gasteiger charge is 2.32. The van der Waals surface area contributed by atoms with Crippen LogP contribution >= 0.6 is 11.8 Å². The standard InChI is InChI=1S/C12H17NS/c1-8-4-5-10(9(2)6-8)12-11(13-3)7-14-12/h4-6,11-13H,7H2,1-3H3. The maximum absolute atomic E-state index is 3.37. The Labute approximate surface area is 90.3 Å². The molecule has 1 aliphatic rings. The molecule has 1 saturated heterocycles. The predicted molar refractivity (Wildman–Crippen MR) is 64.0 cm³/mol. The van der Waals surface area contributed by atoms with Crippen molar-refractivity contribution in [3.8, 4) is 0 Å². The van der Waals surface area contributed by atoms with E-state index in [4.69, 9.17) is 0 Å². The molecule has 0 aliphatic carbocycles. The van der Waals surface area contributed by atoms with Crippen LogP contribution < -0.4 is 5.32 Å². The summed E-state index contributed by atoms with van der Waals surface area (Å²) in [6, 6.07) is 7.45. The molecule has 0 aromatic heterocycles. The van der Waals surface area contributed by atoms with Crippen molar-refractivity contribution in [3.05, 3.63) is 34.9 Å². The van der Waals surface area contributed by atoms with Gasteiger partial charge in [0.25, 0.3) is 0 Å². The van der Waals surface area contributed by atoms with Crippen LogP contribution in [0.1, 0.15) is 21.9 Å². The number of hydrogen-bond donors (Lipinski definition) is 1. The first-order valence-electron chi connectivity index (χ1n) is 5.08. The largest absolute Gasteiger partial charge is 0.315 e. The summed E-state index contributed by atoms with van der Waals surface area (Å²) >= 11 is 2.05. The summed E-state index contributed by atoms with van der Waals surface area (Å²) in [5, 5.41) is 4.04. The lowest BCUT2D eigenvalue weighted by Gasteiger charge is -2.37. The molecule has 2 unspecified atom stereocenters. The second kappa shape index (κ2) is 3.95. The molecule has 76 valence electrons. The van der Waals surface area contributed by atoms with E-state index in [0.29, 0.717) is 11.3 Å². The molecule has 1 fully saturated rings. The molecule has 2 atom stereocenters. The maximum Gasteiger partial charge on any atom is 0.0461 e. The molecule has 0 saturated carbocycles. The third-order valence-electron chi connectivity index (χ3n) is 2.92. The molecule has 0 spiro atoms. The van der Waals surface area contributed by atoms with Crippen molar-refractivity contribution < 1.29 is 0 Å². The number of likely N-dealkylation sites (N-methyl/N-ethyl adjacent to an activating group) is 1. The number of thioether (sulfide) groups is 1. The molecule has 1 heterocycles. The van der Waals surface area contributed by atoms with Gasteiger partial charge in [0.15, 0.2) is 0 Å². The van der Waals surface area contributed by atoms with Crippen LogP contribution in [0.2, 0.25) is 0 Å². The van der Waals surface area contributed by atoms with Crippen LogP contribution in [0.5, 0.6) is 0 Å². The monoisotopic (exact) mass is 207 g/mol. The van der Waals surface area contributed by atoms with Crippen LogP contribution in [0.25, 0.3) is 0 Å². The van der Waals surface area contributed by atoms with Gasteiger partial charge in [-0.05, 0) is 32.0 Å². The van der Waals surface area contributed by atoms with Gasteiger partial charge < -0.3 is 5.32 Å². The van der Waals surface area contributed by atoms with Crippen molar-refractivity contribution in [2.45, 2.75) is 25.1 Å². The lowest BCUT2D eigenvalue weighted by atomic mass is 9.99. The number of nitrogens with one attached hydrogen (secondary N) is 1. The van der Waals surface area contributed by atoms with E-state index in [1.54, 1.807) is 0 Å². The van der Waals surface area contributed by atoms with E-state index in [1.807, 2.05) is 11.8 Å². The normalized spacial score (nSPS) is 25.9. The molecule has 0 radical (unpaired) electrons. The quantitative estimate of drug-likeness (QED) is 0.800. The van der Waals surface area contributed by atoms with Gasteiger partial charge in [-0.3, -0.25) is 0 Å². The van der Waals surface area contributed by atoms with Gasteiger partial charge >= 0.3 is 0 Å². The minimum absolute atomic E-state index is 0.667. The Morgan fingerprint density at radius 3 is 2.64 bits per heavy atom. The zero-order valence-corrected chi connectivity index (χ0v) is 9.82. The first-order valence-corrected chi connectivity index (χ1v) is 6.13. The molecule has 1 aromatic carbocycles. The first-order chi connectivity index (χ1) is 6.72. The van der Waals surface area contributed by atoms with E-state index in [2.05, 4.69) is 44.4 Å². The van der Waals surface area contributed by atoms with E-state index < -0.39 is 0 Å². The van der Waals surface area contributed by atoms with E-state index in [0.717, 1.165) is 0 Å². The molecular weight excluding hydrogens is 190 g/mol. The van der Waals surface area contributed by atoms with Gasteiger partial charge in [0, 0.05) is 17.0 Å². The summed E-state index contributed by atoms with van der Waals surface area (Å²) < 4.78 is 0. The van der Waals surface area contributed by atoms with E-state index in [-0.39, 0.29) is 0 Å². The second-order valence-corrected chi connectivity index (χ2v) is 5.18. The number of benzene rings is 1. The SMILES string of the molecule is CNC1CSC1c1ccc(C)cc1C. The average molecular weight is 207 g/mol. The summed E-state index contributed by atoms with van der Waals surface area (Å²) in [4.78, 5) is 0. The molecule has 2 heteroatoms. The van der Waals surface area contributed by atoms with E-state index >= 15 is 0 Å². The molecule has 14 heavy (non-hydrogen) atoms. The van der Waals surface area contributed by atoms with Crippen molar-refractivity contribution in [2.75, 3.05) is 12.8 Å². The van der Waals surface area contributed by atoms with Crippen LogP contribution in [0, 0.1) is 13.8 Å². The summed E-state index contributed by atoms with van der Waals surface area (Å²) in [5.74, 6) is 1.24. The molecule has 1 N–H and O–H groups in total. The Morgan fingerprint density at radius 2 is 2.14 bits per heavy atom. The van der Waals surface area contributed by atoms with Gasteiger partial charge in [-0.25, -0.2) is 0 Å². The third-order valence-corrected chi connectivity index (χ3v) is 4.42. The fourth-order valence-electron chi connectivity index (χ4n) is 1.97. The molecule has 0 amide bonds. The Hall–Kier alpha value is -0.470. The average Bonchev–Trinajstić information content (AvgIpc) is 2.08. The molecule has 2 rings (SSSR count). The van der Waals surface area contributed by atoms with Gasteiger partial charge in [0.2, 0.25) is 0 Å². The Balaban J connectivity index is 2.24. The minimum Gasteiger partial charge on any atom is -0.315 e. The highest BCUT2D eigenvalue weighted by Crippen LogP contribution is 2.43. The number of rotatable bonds is 2. The first kappa shape index (κ1) is 10.1. The van der Waals surface area contributed by atoms with Crippen LogP contribution in [-0.2, 0) is 0 Å². The molecular formula is C12H17NS. The summed E-state index contributed by atoms with van der Waals surface area (Å²) in [7, 11) is 2.06. The minimum atomic E-state index is 0.667. The number of aryl methyl sites for hydroxylation is 2. The lowest BCUT2D eigenvalue weighted by molar-refractivity contribution is 0.571. The van der Waals surface area contributed by atoms with Crippen LogP contribution in [0.15, 0.2) is 18.2 Å². The Kier molecular flexibility index (Phi) is 2.84. The van der Waals surface area contributed by atoms with Crippen molar-refractivity contribution in [1.29, 1.82) is 0 Å². The van der Waals surface area contributed by atoms with Gasteiger partial charge in [-0.1, -0.05) is 23.8 Å². The third kappa shape index (κ3) is 1.69. The fraction of sp³-hybridized carbons (Fsp3) is 0.500. The van der Waals surface area contributed by atoms with E-state index in [1.165, 1.54) is 22.4 Å². The van der Waals surface area contributed by atoms with Gasteiger partial charge in [0.05, 0.1) is 0 Å². The Bertz CT molecular complexity index is 333. The highest BCUT2D eigenvalue weighted by atomic mass is 32.2. The molecule has 1 nitrogen and oxygen atoms in total. The van der Waals surface area contributed by atoms with Gasteiger partial charge in [0.1, 0.15) is 0 Å². The van der Waals surface area contributed by atoms with Crippen molar-refractivity contribution in [2.24, 2.45) is 0 Å². The summed E-state index contributed by atoms with van der Waals surface area (Å²) in [6.45, 7) is 4.37. The highest BCUT2D eigenvalue weighted by molar-refractivity contribution is 8.01. The van der Waals surface area contributed by atoms with Crippen molar-refractivity contribution in [3.63, 3.8) is 0 Å². The van der Waals surface area contributed by atoms with E-state index in [9.17, 15) is 0 Å². The fourth-order valence-corrected chi connectivity index (χ4v) is 3.30. The maximum atomic E-state index is 3.37. The summed E-state index contributed by atoms with van der Waals surface area (Å²) in [5.41, 5.74) is 4.30. The molecule has 0 bridgehead atoms. The molecule has 1 aliphatic heterocycles. The number of hydrogen-bond acceptors (Lipinski definition) is 2. The molecule has 1 aromatic rings.